The van der Waals surface area contributed by atoms with Gasteiger partial charge in [-0.2, -0.15) is 5.10 Å². The summed E-state index contributed by atoms with van der Waals surface area (Å²) in [6, 6.07) is 0. The smallest absolute Gasteiger partial charge is 0.376 e. The fourth-order valence-electron chi connectivity index (χ4n) is 2.70. The molecule has 1 saturated carbocycles. The molecule has 6 nitrogen and oxygen atoms in total. The number of carbonyl (C=O) groups excluding carboxylic acids is 1. The van der Waals surface area contributed by atoms with Gasteiger partial charge in [-0.1, -0.05) is 0 Å². The highest BCUT2D eigenvalue weighted by atomic mass is 16.5. The van der Waals surface area contributed by atoms with Gasteiger partial charge in [-0.05, 0) is 32.6 Å². The number of rotatable bonds is 3. The molecule has 0 aliphatic heterocycles. The van der Waals surface area contributed by atoms with Gasteiger partial charge < -0.3 is 4.74 Å². The lowest BCUT2D eigenvalue weighted by atomic mass is 10.0. The minimum Gasteiger partial charge on any atom is -0.463 e. The van der Waals surface area contributed by atoms with Gasteiger partial charge in [0, 0.05) is 18.2 Å². The molecule has 1 aliphatic rings. The highest BCUT2D eigenvalue weighted by Gasteiger charge is 2.30. The van der Waals surface area contributed by atoms with Gasteiger partial charge in [0.15, 0.2) is 0 Å². The predicted octanol–water partition coefficient (Wildman–Crippen LogP) is 2.16. The topological polar surface area (TPSA) is 69.9 Å². The second-order valence-electron chi connectivity index (χ2n) is 5.43. The standard InChI is InChI=1S/C15H18N4O2/c1-8-12(9(2)18-14(17-8)15(20)21-4)13-11(10-5-6-10)7-16-19(13)3/h7,10H,5-6H2,1-4H3. The van der Waals surface area contributed by atoms with Crippen LogP contribution in [0.2, 0.25) is 0 Å². The molecule has 2 heterocycles. The van der Waals surface area contributed by atoms with Crippen LogP contribution < -0.4 is 0 Å². The third-order valence-corrected chi connectivity index (χ3v) is 3.86. The average Bonchev–Trinajstić information content (AvgIpc) is 3.22. The van der Waals surface area contributed by atoms with E-state index in [0.717, 1.165) is 22.6 Å². The van der Waals surface area contributed by atoms with Crippen molar-refractivity contribution in [2.75, 3.05) is 7.11 Å². The molecule has 2 aromatic rings. The van der Waals surface area contributed by atoms with Gasteiger partial charge in [0.1, 0.15) is 0 Å². The molecule has 0 aromatic carbocycles. The molecule has 1 aliphatic carbocycles. The molecule has 21 heavy (non-hydrogen) atoms. The van der Waals surface area contributed by atoms with E-state index in [1.165, 1.54) is 25.5 Å². The Balaban J connectivity index is 2.15. The molecule has 3 rings (SSSR count). The van der Waals surface area contributed by atoms with Crippen LogP contribution in [-0.2, 0) is 11.8 Å². The van der Waals surface area contributed by atoms with Crippen molar-refractivity contribution in [1.29, 1.82) is 0 Å². The Hall–Kier alpha value is -2.24. The molecule has 6 heteroatoms. The number of hydrogen-bond donors (Lipinski definition) is 0. The molecule has 0 atom stereocenters. The first-order valence-corrected chi connectivity index (χ1v) is 6.98. The lowest BCUT2D eigenvalue weighted by Crippen LogP contribution is -2.12. The van der Waals surface area contributed by atoms with Gasteiger partial charge in [0.2, 0.25) is 5.82 Å². The largest absolute Gasteiger partial charge is 0.463 e. The Bertz CT molecular complexity index is 693. The molecule has 0 N–H and O–H groups in total. The molecule has 0 spiro atoms. The molecule has 0 amide bonds. The van der Waals surface area contributed by atoms with Crippen LogP contribution in [0.5, 0.6) is 0 Å². The van der Waals surface area contributed by atoms with Crippen molar-refractivity contribution < 1.29 is 9.53 Å². The van der Waals surface area contributed by atoms with E-state index in [9.17, 15) is 4.79 Å². The van der Waals surface area contributed by atoms with Gasteiger partial charge in [-0.15, -0.1) is 0 Å². The van der Waals surface area contributed by atoms with Gasteiger partial charge >= 0.3 is 5.97 Å². The summed E-state index contributed by atoms with van der Waals surface area (Å²) in [6.07, 6.45) is 4.34. The number of carbonyl (C=O) groups is 1. The number of nitrogens with zero attached hydrogens (tertiary/aromatic N) is 4. The Morgan fingerprint density at radius 1 is 1.29 bits per heavy atom. The normalized spacial score (nSPS) is 14.3. The highest BCUT2D eigenvalue weighted by molar-refractivity contribution is 5.86. The van der Waals surface area contributed by atoms with Crippen LogP contribution in [0.15, 0.2) is 6.20 Å². The highest BCUT2D eigenvalue weighted by Crippen LogP contribution is 2.44. The number of aryl methyl sites for hydroxylation is 3. The van der Waals surface area contributed by atoms with Gasteiger partial charge in [0.05, 0.1) is 30.4 Å². The van der Waals surface area contributed by atoms with Crippen molar-refractivity contribution in [2.24, 2.45) is 7.05 Å². The molecule has 0 saturated heterocycles. The minimum absolute atomic E-state index is 0.103. The maximum atomic E-state index is 11.6. The minimum atomic E-state index is -0.514. The first kappa shape index (κ1) is 13.7. The summed E-state index contributed by atoms with van der Waals surface area (Å²) in [5, 5.41) is 4.38. The maximum absolute atomic E-state index is 11.6. The second-order valence-corrected chi connectivity index (χ2v) is 5.43. The van der Waals surface area contributed by atoms with Crippen LogP contribution in [-0.4, -0.2) is 32.8 Å². The van der Waals surface area contributed by atoms with Gasteiger partial charge in [-0.25, -0.2) is 14.8 Å². The number of methoxy groups -OCH3 is 1. The quantitative estimate of drug-likeness (QED) is 0.809. The number of esters is 1. The summed E-state index contributed by atoms with van der Waals surface area (Å²) in [4.78, 5) is 20.2. The van der Waals surface area contributed by atoms with E-state index in [0.29, 0.717) is 5.92 Å². The third-order valence-electron chi connectivity index (χ3n) is 3.86. The summed E-state index contributed by atoms with van der Waals surface area (Å²) >= 11 is 0. The van der Waals surface area contributed by atoms with Crippen LogP contribution in [0, 0.1) is 13.8 Å². The average molecular weight is 286 g/mol. The Morgan fingerprint density at radius 2 is 1.90 bits per heavy atom. The van der Waals surface area contributed by atoms with E-state index in [1.807, 2.05) is 31.8 Å². The Morgan fingerprint density at radius 3 is 2.43 bits per heavy atom. The summed E-state index contributed by atoms with van der Waals surface area (Å²) in [6.45, 7) is 3.78. The second kappa shape index (κ2) is 4.95. The van der Waals surface area contributed by atoms with Gasteiger partial charge in [-0.3, -0.25) is 4.68 Å². The van der Waals surface area contributed by atoms with Crippen molar-refractivity contribution in [3.63, 3.8) is 0 Å². The van der Waals surface area contributed by atoms with Gasteiger partial charge in [0.25, 0.3) is 0 Å². The molecule has 2 aromatic heterocycles. The molecular weight excluding hydrogens is 268 g/mol. The van der Waals surface area contributed by atoms with Crippen LogP contribution in [0.4, 0.5) is 0 Å². The van der Waals surface area contributed by atoms with E-state index in [-0.39, 0.29) is 5.82 Å². The Kier molecular flexibility index (Phi) is 3.23. The van der Waals surface area contributed by atoms with Crippen molar-refractivity contribution in [2.45, 2.75) is 32.6 Å². The van der Waals surface area contributed by atoms with E-state index in [4.69, 9.17) is 4.74 Å². The van der Waals surface area contributed by atoms with E-state index < -0.39 is 5.97 Å². The molecule has 110 valence electrons. The molecular formula is C15H18N4O2. The summed E-state index contributed by atoms with van der Waals surface area (Å²) in [5.74, 6) is 0.180. The lowest BCUT2D eigenvalue weighted by molar-refractivity contribution is 0.0586. The molecule has 0 unspecified atom stereocenters. The van der Waals surface area contributed by atoms with E-state index >= 15 is 0 Å². The zero-order chi connectivity index (χ0) is 15.1. The number of aromatic nitrogens is 4. The first-order valence-electron chi connectivity index (χ1n) is 6.98. The van der Waals surface area contributed by atoms with Crippen molar-refractivity contribution in [3.8, 4) is 11.3 Å². The summed E-state index contributed by atoms with van der Waals surface area (Å²) in [5.41, 5.74) is 4.81. The van der Waals surface area contributed by atoms with E-state index in [2.05, 4.69) is 15.1 Å². The zero-order valence-electron chi connectivity index (χ0n) is 12.7. The zero-order valence-corrected chi connectivity index (χ0v) is 12.7. The van der Waals surface area contributed by atoms with Crippen molar-refractivity contribution in [3.05, 3.63) is 29.0 Å². The van der Waals surface area contributed by atoms with Crippen LogP contribution in [0.1, 0.15) is 46.3 Å². The Labute approximate surface area is 123 Å². The van der Waals surface area contributed by atoms with Crippen LogP contribution in [0.3, 0.4) is 0 Å². The van der Waals surface area contributed by atoms with Crippen LogP contribution >= 0.6 is 0 Å². The number of hydrogen-bond acceptors (Lipinski definition) is 5. The summed E-state index contributed by atoms with van der Waals surface area (Å²) < 4.78 is 6.56. The molecule has 0 radical (unpaired) electrons. The fourth-order valence-corrected chi connectivity index (χ4v) is 2.70. The van der Waals surface area contributed by atoms with E-state index in [1.54, 1.807) is 0 Å². The SMILES string of the molecule is COC(=O)c1nc(C)c(-c2c(C3CC3)cnn2C)c(C)n1. The van der Waals surface area contributed by atoms with Crippen LogP contribution in [0.25, 0.3) is 11.3 Å². The lowest BCUT2D eigenvalue weighted by Gasteiger charge is -2.12. The maximum Gasteiger partial charge on any atom is 0.376 e. The first-order chi connectivity index (χ1) is 10.0. The predicted molar refractivity (Wildman–Crippen MR) is 77.0 cm³/mol. The molecule has 1 fully saturated rings. The molecule has 0 bridgehead atoms. The van der Waals surface area contributed by atoms with Crippen molar-refractivity contribution >= 4 is 5.97 Å². The monoisotopic (exact) mass is 286 g/mol. The van der Waals surface area contributed by atoms with Crippen molar-refractivity contribution in [1.82, 2.24) is 19.7 Å². The number of ether oxygens (including phenoxy) is 1. The fraction of sp³-hybridized carbons (Fsp3) is 0.467. The third kappa shape index (κ3) is 2.30. The summed E-state index contributed by atoms with van der Waals surface area (Å²) in [7, 11) is 3.25.